The van der Waals surface area contributed by atoms with E-state index in [0.29, 0.717) is 0 Å². The van der Waals surface area contributed by atoms with Crippen LogP contribution in [-0.4, -0.2) is 34.5 Å². The number of carbonyl (C=O) groups is 1. The van der Waals surface area contributed by atoms with Crippen molar-refractivity contribution in [3.63, 3.8) is 0 Å². The van der Waals surface area contributed by atoms with Gasteiger partial charge in [-0.05, 0) is 18.9 Å². The molecule has 1 saturated heterocycles. The van der Waals surface area contributed by atoms with Crippen molar-refractivity contribution in [2.24, 2.45) is 0 Å². The molecule has 1 aliphatic rings. The zero-order valence-electron chi connectivity index (χ0n) is 11.0. The lowest BCUT2D eigenvalue weighted by atomic mass is 10.1. The number of esters is 1. The van der Waals surface area contributed by atoms with E-state index in [-0.39, 0.29) is 0 Å². The highest BCUT2D eigenvalue weighted by Gasteiger charge is 2.40. The predicted octanol–water partition coefficient (Wildman–Crippen LogP) is 1.94. The average Bonchev–Trinajstić information content (AvgIpc) is 2.60. The van der Waals surface area contributed by atoms with E-state index < -0.39 is 24.3 Å². The largest absolute Gasteiger partial charge is 0.453 e. The van der Waals surface area contributed by atoms with Gasteiger partial charge in [-0.2, -0.15) is 0 Å². The Hall–Kier alpha value is -0.870. The number of cyclic esters (lactones) is 1. The van der Waals surface area contributed by atoms with Crippen molar-refractivity contribution >= 4 is 5.97 Å². The van der Waals surface area contributed by atoms with Crippen molar-refractivity contribution in [3.05, 3.63) is 12.2 Å². The van der Waals surface area contributed by atoms with Crippen LogP contribution in [-0.2, 0) is 9.53 Å². The van der Waals surface area contributed by atoms with E-state index in [2.05, 4.69) is 6.92 Å². The third kappa shape index (κ3) is 4.78. The Morgan fingerprint density at radius 1 is 1.17 bits per heavy atom. The molecule has 0 radical (unpaired) electrons. The van der Waals surface area contributed by atoms with Gasteiger partial charge in [0, 0.05) is 0 Å². The molecule has 4 nitrogen and oxygen atoms in total. The maximum Gasteiger partial charge on any atom is 0.338 e. The summed E-state index contributed by atoms with van der Waals surface area (Å²) in [6, 6.07) is 0. The van der Waals surface area contributed by atoms with E-state index in [1.54, 1.807) is 6.08 Å². The number of unbranched alkanes of at least 4 members (excludes halogenated alkanes) is 6. The Labute approximate surface area is 109 Å². The molecule has 1 aliphatic heterocycles. The van der Waals surface area contributed by atoms with Crippen LogP contribution in [0, 0.1) is 0 Å². The predicted molar refractivity (Wildman–Crippen MR) is 69.0 cm³/mol. The van der Waals surface area contributed by atoms with E-state index in [1.807, 2.05) is 6.08 Å². The van der Waals surface area contributed by atoms with Gasteiger partial charge in [0.2, 0.25) is 0 Å². The van der Waals surface area contributed by atoms with Gasteiger partial charge in [0.1, 0.15) is 12.2 Å². The second-order valence-electron chi connectivity index (χ2n) is 4.82. The normalized spacial score (nSPS) is 27.9. The maximum absolute atomic E-state index is 11.0. The molecule has 0 aromatic carbocycles. The number of allylic oxidation sites excluding steroid dienone is 1. The molecule has 0 amide bonds. The smallest absolute Gasteiger partial charge is 0.338 e. The van der Waals surface area contributed by atoms with Crippen molar-refractivity contribution in [1.82, 2.24) is 0 Å². The Morgan fingerprint density at radius 2 is 1.83 bits per heavy atom. The molecule has 2 N–H and O–H groups in total. The minimum Gasteiger partial charge on any atom is -0.453 e. The van der Waals surface area contributed by atoms with E-state index in [4.69, 9.17) is 4.74 Å². The zero-order valence-corrected chi connectivity index (χ0v) is 11.0. The molecule has 4 heteroatoms. The fourth-order valence-corrected chi connectivity index (χ4v) is 2.02. The number of hydrogen-bond acceptors (Lipinski definition) is 4. The molecule has 1 rings (SSSR count). The third-order valence-electron chi connectivity index (χ3n) is 3.20. The van der Waals surface area contributed by atoms with Gasteiger partial charge in [0.25, 0.3) is 0 Å². The fraction of sp³-hybridized carbons (Fsp3) is 0.786. The molecule has 0 saturated carbocycles. The summed E-state index contributed by atoms with van der Waals surface area (Å²) < 4.78 is 4.82. The van der Waals surface area contributed by atoms with Crippen molar-refractivity contribution in [2.75, 3.05) is 0 Å². The topological polar surface area (TPSA) is 66.8 Å². The van der Waals surface area contributed by atoms with E-state index in [1.165, 1.54) is 32.1 Å². The van der Waals surface area contributed by atoms with Crippen molar-refractivity contribution in [2.45, 2.75) is 70.2 Å². The van der Waals surface area contributed by atoms with Crippen LogP contribution >= 0.6 is 0 Å². The van der Waals surface area contributed by atoms with Crippen LogP contribution in [0.3, 0.4) is 0 Å². The molecule has 0 aromatic rings. The summed E-state index contributed by atoms with van der Waals surface area (Å²) in [6.45, 7) is 2.20. The van der Waals surface area contributed by atoms with Gasteiger partial charge in [-0.25, -0.2) is 4.79 Å². The standard InChI is InChI=1S/C14H24O4/c1-2-3-4-5-6-7-8-9-10-11-12(15)13(16)14(17)18-11/h9-13,15-16H,2-8H2,1H3/b10-9-/t11-,12-,13-/m0/s1. The molecule has 0 unspecified atom stereocenters. The Kier molecular flexibility index (Phi) is 6.98. The highest BCUT2D eigenvalue weighted by atomic mass is 16.6. The molecule has 0 aliphatic carbocycles. The Bertz CT molecular complexity index is 275. The molecule has 3 atom stereocenters. The number of aliphatic hydroxyl groups excluding tert-OH is 2. The second kappa shape index (κ2) is 8.27. The first-order valence-corrected chi connectivity index (χ1v) is 6.90. The zero-order chi connectivity index (χ0) is 13.4. The van der Waals surface area contributed by atoms with Gasteiger partial charge in [-0.15, -0.1) is 0 Å². The lowest BCUT2D eigenvalue weighted by Crippen LogP contribution is -2.29. The second-order valence-corrected chi connectivity index (χ2v) is 4.82. The Morgan fingerprint density at radius 3 is 2.44 bits per heavy atom. The third-order valence-corrected chi connectivity index (χ3v) is 3.20. The summed E-state index contributed by atoms with van der Waals surface area (Å²) in [4.78, 5) is 11.0. The molecular weight excluding hydrogens is 232 g/mol. The molecule has 104 valence electrons. The number of hydrogen-bond donors (Lipinski definition) is 2. The summed E-state index contributed by atoms with van der Waals surface area (Å²) in [5, 5.41) is 18.7. The van der Waals surface area contributed by atoms with Crippen molar-refractivity contribution in [1.29, 1.82) is 0 Å². The van der Waals surface area contributed by atoms with E-state index in [0.717, 1.165) is 12.8 Å². The van der Waals surface area contributed by atoms with Gasteiger partial charge in [0.05, 0.1) is 0 Å². The van der Waals surface area contributed by atoms with Crippen molar-refractivity contribution < 1.29 is 19.7 Å². The molecule has 1 heterocycles. The SMILES string of the molecule is CCCCCCCC/C=C\[C@@H]1OC(=O)[C@@H](O)[C@H]1O. The van der Waals surface area contributed by atoms with Crippen LogP contribution in [0.25, 0.3) is 0 Å². The lowest BCUT2D eigenvalue weighted by molar-refractivity contribution is -0.146. The number of carbonyl (C=O) groups excluding carboxylic acids is 1. The van der Waals surface area contributed by atoms with Crippen LogP contribution in [0.1, 0.15) is 51.9 Å². The summed E-state index contributed by atoms with van der Waals surface area (Å²) in [6.07, 6.45) is 8.74. The summed E-state index contributed by atoms with van der Waals surface area (Å²) in [5.41, 5.74) is 0. The first-order chi connectivity index (χ1) is 8.66. The van der Waals surface area contributed by atoms with Crippen LogP contribution in [0.5, 0.6) is 0 Å². The van der Waals surface area contributed by atoms with Gasteiger partial charge >= 0.3 is 5.97 Å². The number of ether oxygens (including phenoxy) is 1. The van der Waals surface area contributed by atoms with Crippen LogP contribution < -0.4 is 0 Å². The lowest BCUT2D eigenvalue weighted by Gasteiger charge is -2.08. The highest BCUT2D eigenvalue weighted by molar-refractivity contribution is 5.78. The first-order valence-electron chi connectivity index (χ1n) is 6.90. The monoisotopic (exact) mass is 256 g/mol. The quantitative estimate of drug-likeness (QED) is 0.396. The van der Waals surface area contributed by atoms with Gasteiger partial charge in [-0.1, -0.05) is 45.1 Å². The minimum absolute atomic E-state index is 0.687. The molecular formula is C14H24O4. The molecule has 0 aromatic heterocycles. The highest BCUT2D eigenvalue weighted by Crippen LogP contribution is 2.17. The summed E-state index contributed by atoms with van der Waals surface area (Å²) in [5.74, 6) is -0.739. The van der Waals surface area contributed by atoms with Gasteiger partial charge in [-0.3, -0.25) is 0 Å². The van der Waals surface area contributed by atoms with Crippen LogP contribution in [0.15, 0.2) is 12.2 Å². The minimum atomic E-state index is -1.39. The summed E-state index contributed by atoms with van der Waals surface area (Å²) >= 11 is 0. The maximum atomic E-state index is 11.0. The Balaban J connectivity index is 2.08. The summed E-state index contributed by atoms with van der Waals surface area (Å²) in [7, 11) is 0. The molecule has 1 fully saturated rings. The number of aliphatic hydroxyl groups is 2. The van der Waals surface area contributed by atoms with Gasteiger partial charge in [0.15, 0.2) is 6.10 Å². The average molecular weight is 256 g/mol. The van der Waals surface area contributed by atoms with E-state index >= 15 is 0 Å². The fourth-order valence-electron chi connectivity index (χ4n) is 2.02. The molecule has 18 heavy (non-hydrogen) atoms. The van der Waals surface area contributed by atoms with Gasteiger partial charge < -0.3 is 14.9 Å². The van der Waals surface area contributed by atoms with E-state index in [9.17, 15) is 15.0 Å². The first kappa shape index (κ1) is 15.2. The molecule has 0 spiro atoms. The van der Waals surface area contributed by atoms with Crippen molar-refractivity contribution in [3.8, 4) is 0 Å². The number of rotatable bonds is 8. The van der Waals surface area contributed by atoms with Crippen LogP contribution in [0.4, 0.5) is 0 Å². The van der Waals surface area contributed by atoms with Crippen LogP contribution in [0.2, 0.25) is 0 Å². The molecule has 0 bridgehead atoms.